The lowest BCUT2D eigenvalue weighted by Gasteiger charge is -2.33. The van der Waals surface area contributed by atoms with Crippen molar-refractivity contribution in [2.75, 3.05) is 19.7 Å². The SMILES string of the molecule is C#CCN(CC(=O)O)C(=O)C1C2CCC(C2)C1NC(=O)OCC1c2ccccc2-c2ccccc21. The van der Waals surface area contributed by atoms with E-state index >= 15 is 0 Å². The van der Waals surface area contributed by atoms with Crippen LogP contribution in [0.15, 0.2) is 48.5 Å². The number of terminal acetylenes is 1. The van der Waals surface area contributed by atoms with Crippen LogP contribution in [-0.4, -0.2) is 53.7 Å². The monoisotopic (exact) mass is 472 g/mol. The summed E-state index contributed by atoms with van der Waals surface area (Å²) in [5, 5.41) is 12.2. The molecule has 0 saturated heterocycles. The fraction of sp³-hybridized carbons (Fsp3) is 0.393. The number of ether oxygens (including phenoxy) is 1. The van der Waals surface area contributed by atoms with Crippen molar-refractivity contribution in [1.29, 1.82) is 0 Å². The average Bonchev–Trinajstić information content (AvgIpc) is 3.54. The second kappa shape index (κ2) is 9.46. The summed E-state index contributed by atoms with van der Waals surface area (Å²) in [4.78, 5) is 38.6. The molecule has 2 aromatic carbocycles. The van der Waals surface area contributed by atoms with E-state index in [1.54, 1.807) is 0 Å². The normalized spacial score (nSPS) is 23.7. The van der Waals surface area contributed by atoms with E-state index in [2.05, 4.69) is 35.5 Å². The van der Waals surface area contributed by atoms with Crippen molar-refractivity contribution in [2.24, 2.45) is 17.8 Å². The molecule has 3 aliphatic rings. The van der Waals surface area contributed by atoms with Crippen LogP contribution in [0.3, 0.4) is 0 Å². The lowest BCUT2D eigenvalue weighted by molar-refractivity contribution is -0.147. The molecule has 2 N–H and O–H groups in total. The van der Waals surface area contributed by atoms with Gasteiger partial charge in [0.1, 0.15) is 13.2 Å². The van der Waals surface area contributed by atoms with Crippen LogP contribution in [-0.2, 0) is 14.3 Å². The number of hydrogen-bond donors (Lipinski definition) is 2. The first kappa shape index (κ1) is 23.0. The average molecular weight is 473 g/mol. The molecular weight excluding hydrogens is 444 g/mol. The first-order valence-corrected chi connectivity index (χ1v) is 12.0. The van der Waals surface area contributed by atoms with Gasteiger partial charge in [-0.05, 0) is 53.4 Å². The van der Waals surface area contributed by atoms with Gasteiger partial charge in [0.05, 0.1) is 12.5 Å². The number of carbonyl (C=O) groups excluding carboxylic acids is 2. The molecule has 7 nitrogen and oxygen atoms in total. The number of fused-ring (bicyclic) bond motifs is 5. The Morgan fingerprint density at radius 1 is 1.03 bits per heavy atom. The first-order chi connectivity index (χ1) is 17.0. The van der Waals surface area contributed by atoms with Crippen molar-refractivity contribution in [3.05, 3.63) is 59.7 Å². The Morgan fingerprint density at radius 2 is 1.66 bits per heavy atom. The quantitative estimate of drug-likeness (QED) is 0.602. The van der Waals surface area contributed by atoms with E-state index in [0.717, 1.165) is 41.5 Å². The number of amides is 2. The zero-order valence-corrected chi connectivity index (χ0v) is 19.4. The molecule has 35 heavy (non-hydrogen) atoms. The van der Waals surface area contributed by atoms with Gasteiger partial charge in [0.25, 0.3) is 0 Å². The van der Waals surface area contributed by atoms with E-state index in [0.29, 0.717) is 0 Å². The summed E-state index contributed by atoms with van der Waals surface area (Å²) < 4.78 is 5.71. The van der Waals surface area contributed by atoms with E-state index in [4.69, 9.17) is 11.2 Å². The molecule has 4 atom stereocenters. The number of carboxylic acid groups (broad SMARTS) is 1. The number of aliphatic carboxylic acids is 1. The molecule has 3 aliphatic carbocycles. The van der Waals surface area contributed by atoms with Crippen molar-refractivity contribution >= 4 is 18.0 Å². The highest BCUT2D eigenvalue weighted by Gasteiger charge is 2.52. The molecule has 0 heterocycles. The molecule has 2 fully saturated rings. The molecule has 5 rings (SSSR count). The summed E-state index contributed by atoms with van der Waals surface area (Å²) in [6.45, 7) is -0.327. The predicted molar refractivity (Wildman–Crippen MR) is 129 cm³/mol. The fourth-order valence-corrected chi connectivity index (χ4v) is 6.33. The number of carbonyl (C=O) groups is 3. The van der Waals surface area contributed by atoms with E-state index < -0.39 is 24.5 Å². The van der Waals surface area contributed by atoms with Gasteiger partial charge >= 0.3 is 12.1 Å². The molecule has 7 heteroatoms. The zero-order chi connectivity index (χ0) is 24.5. The highest BCUT2D eigenvalue weighted by Crippen LogP contribution is 2.49. The van der Waals surface area contributed by atoms with Crippen LogP contribution in [0.4, 0.5) is 4.79 Å². The van der Waals surface area contributed by atoms with Gasteiger partial charge < -0.3 is 20.1 Å². The van der Waals surface area contributed by atoms with Gasteiger partial charge in [0, 0.05) is 12.0 Å². The molecule has 0 radical (unpaired) electrons. The highest BCUT2D eigenvalue weighted by atomic mass is 16.5. The number of carboxylic acids is 1. The summed E-state index contributed by atoms with van der Waals surface area (Å²) in [5.74, 6) is 0.709. The van der Waals surface area contributed by atoms with Crippen molar-refractivity contribution in [2.45, 2.75) is 31.2 Å². The summed E-state index contributed by atoms with van der Waals surface area (Å²) in [6, 6.07) is 15.9. The van der Waals surface area contributed by atoms with Crippen LogP contribution in [0, 0.1) is 30.1 Å². The third-order valence-electron chi connectivity index (χ3n) is 7.75. The van der Waals surface area contributed by atoms with Crippen LogP contribution in [0.5, 0.6) is 0 Å². The lowest BCUT2D eigenvalue weighted by atomic mass is 9.83. The number of benzene rings is 2. The van der Waals surface area contributed by atoms with Gasteiger partial charge in [-0.1, -0.05) is 54.5 Å². The Balaban J connectivity index is 1.28. The second-order valence-corrected chi connectivity index (χ2v) is 9.65. The van der Waals surface area contributed by atoms with Crippen LogP contribution < -0.4 is 5.32 Å². The molecule has 2 bridgehead atoms. The summed E-state index contributed by atoms with van der Waals surface area (Å²) >= 11 is 0. The first-order valence-electron chi connectivity index (χ1n) is 12.0. The summed E-state index contributed by atoms with van der Waals surface area (Å²) in [7, 11) is 0. The maximum atomic E-state index is 13.3. The standard InChI is InChI=1S/C28H28N2O5/c1-2-13-30(15-24(31)32)27(33)25-17-11-12-18(14-17)26(25)29-28(34)35-16-23-21-9-5-3-7-19(21)20-8-4-6-10-22(20)23/h1,3-10,17-18,23,25-26H,11-16H2,(H,29,34)(H,31,32). The molecule has 0 spiro atoms. The fourth-order valence-electron chi connectivity index (χ4n) is 6.33. The van der Waals surface area contributed by atoms with Crippen molar-refractivity contribution in [1.82, 2.24) is 10.2 Å². The van der Waals surface area contributed by atoms with Crippen molar-refractivity contribution in [3.8, 4) is 23.5 Å². The second-order valence-electron chi connectivity index (χ2n) is 9.65. The molecule has 2 saturated carbocycles. The van der Waals surface area contributed by atoms with Crippen LogP contribution in [0.2, 0.25) is 0 Å². The third-order valence-corrected chi connectivity index (χ3v) is 7.75. The largest absolute Gasteiger partial charge is 0.480 e. The van der Waals surface area contributed by atoms with E-state index in [9.17, 15) is 19.5 Å². The lowest BCUT2D eigenvalue weighted by Crippen LogP contribution is -2.52. The predicted octanol–water partition coefficient (Wildman–Crippen LogP) is 3.49. The topological polar surface area (TPSA) is 95.9 Å². The van der Waals surface area contributed by atoms with E-state index in [-0.39, 0.29) is 42.9 Å². The van der Waals surface area contributed by atoms with E-state index in [1.807, 2.05) is 24.3 Å². The highest BCUT2D eigenvalue weighted by molar-refractivity contribution is 5.85. The molecular formula is C28H28N2O5. The maximum absolute atomic E-state index is 13.3. The van der Waals surface area contributed by atoms with Crippen LogP contribution >= 0.6 is 0 Å². The van der Waals surface area contributed by atoms with Gasteiger partial charge in [0.2, 0.25) is 5.91 Å². The Hall–Kier alpha value is -3.79. The molecule has 180 valence electrons. The third kappa shape index (κ3) is 4.25. The number of rotatable bonds is 7. The molecule has 2 amide bonds. The number of nitrogens with one attached hydrogen (secondary N) is 1. The molecule has 2 aromatic rings. The Bertz CT molecular complexity index is 1160. The summed E-state index contributed by atoms with van der Waals surface area (Å²) in [5.41, 5.74) is 4.58. The van der Waals surface area contributed by atoms with E-state index in [1.165, 1.54) is 4.90 Å². The summed E-state index contributed by atoms with van der Waals surface area (Å²) in [6.07, 6.45) is 7.47. The smallest absolute Gasteiger partial charge is 0.407 e. The minimum atomic E-state index is -1.11. The van der Waals surface area contributed by atoms with Gasteiger partial charge in [-0.3, -0.25) is 9.59 Å². The maximum Gasteiger partial charge on any atom is 0.407 e. The molecule has 0 aromatic heterocycles. The van der Waals surface area contributed by atoms with Crippen LogP contribution in [0.25, 0.3) is 11.1 Å². The van der Waals surface area contributed by atoms with Gasteiger partial charge in [-0.25, -0.2) is 4.79 Å². The number of nitrogens with zero attached hydrogens (tertiary/aromatic N) is 1. The zero-order valence-electron chi connectivity index (χ0n) is 19.4. The van der Waals surface area contributed by atoms with Crippen molar-refractivity contribution in [3.63, 3.8) is 0 Å². The van der Waals surface area contributed by atoms with Gasteiger partial charge in [-0.2, -0.15) is 0 Å². The number of alkyl carbamates (subject to hydrolysis) is 1. The Labute approximate surface area is 204 Å². The minimum Gasteiger partial charge on any atom is -0.480 e. The Morgan fingerprint density at radius 3 is 2.29 bits per heavy atom. The number of hydrogen-bond acceptors (Lipinski definition) is 4. The van der Waals surface area contributed by atoms with Gasteiger partial charge in [0.15, 0.2) is 0 Å². The Kier molecular flexibility index (Phi) is 6.21. The van der Waals surface area contributed by atoms with Crippen LogP contribution in [0.1, 0.15) is 36.3 Å². The molecule has 4 unspecified atom stereocenters. The molecule has 0 aliphatic heterocycles. The van der Waals surface area contributed by atoms with Gasteiger partial charge in [-0.15, -0.1) is 6.42 Å². The van der Waals surface area contributed by atoms with Crippen molar-refractivity contribution < 1.29 is 24.2 Å². The minimum absolute atomic E-state index is 0.0488.